The number of carbonyl (C=O) groups is 2. The number of halogens is 1. The second-order valence-electron chi connectivity index (χ2n) is 7.35. The van der Waals surface area contributed by atoms with Crippen LogP contribution >= 0.6 is 15.9 Å². The molecule has 0 fully saturated rings. The lowest BCUT2D eigenvalue weighted by Gasteiger charge is -2.31. The van der Waals surface area contributed by atoms with E-state index in [2.05, 4.69) is 35.1 Å². The molecular weight excluding hydrogens is 416 g/mol. The molecule has 0 heterocycles. The largest absolute Gasteiger partial charge is 0.354 e. The van der Waals surface area contributed by atoms with E-state index in [-0.39, 0.29) is 11.8 Å². The number of hydrogen-bond donors (Lipinski definition) is 1. The standard InChI is InChI=1S/C23H29BrN2O2/c1-4-22(27)26(16-19-11-8-12-20(24)13-19)21(23(28)25-15-17(2)3)14-18-9-6-5-7-10-18/h5-13,17,21H,4,14-16H2,1-3H3,(H,25,28)/t21-/m1/s1. The lowest BCUT2D eigenvalue weighted by molar-refractivity contribution is -0.141. The molecule has 0 aromatic heterocycles. The van der Waals surface area contributed by atoms with E-state index in [1.165, 1.54) is 0 Å². The third-order valence-corrected chi connectivity index (χ3v) is 4.99. The first-order valence-corrected chi connectivity index (χ1v) is 10.6. The maximum atomic E-state index is 13.1. The van der Waals surface area contributed by atoms with Gasteiger partial charge in [0.15, 0.2) is 0 Å². The summed E-state index contributed by atoms with van der Waals surface area (Å²) in [5.74, 6) is 0.219. The summed E-state index contributed by atoms with van der Waals surface area (Å²) >= 11 is 3.48. The van der Waals surface area contributed by atoms with Gasteiger partial charge in [0.1, 0.15) is 6.04 Å². The topological polar surface area (TPSA) is 49.4 Å². The summed E-state index contributed by atoms with van der Waals surface area (Å²) in [6.07, 6.45) is 0.848. The summed E-state index contributed by atoms with van der Waals surface area (Å²) in [4.78, 5) is 27.6. The number of benzene rings is 2. The molecule has 5 heteroatoms. The van der Waals surface area contributed by atoms with Crippen LogP contribution in [0.1, 0.15) is 38.3 Å². The molecule has 1 N–H and O–H groups in total. The molecule has 0 saturated carbocycles. The normalized spacial score (nSPS) is 11.9. The van der Waals surface area contributed by atoms with Crippen molar-refractivity contribution in [2.45, 2.75) is 46.2 Å². The van der Waals surface area contributed by atoms with Gasteiger partial charge in [0.25, 0.3) is 0 Å². The smallest absolute Gasteiger partial charge is 0.243 e. The van der Waals surface area contributed by atoms with Crippen molar-refractivity contribution in [2.24, 2.45) is 5.92 Å². The second-order valence-corrected chi connectivity index (χ2v) is 8.27. The van der Waals surface area contributed by atoms with Crippen LogP contribution in [0.4, 0.5) is 0 Å². The van der Waals surface area contributed by atoms with Crippen LogP contribution in [0.3, 0.4) is 0 Å². The van der Waals surface area contributed by atoms with Gasteiger partial charge < -0.3 is 10.2 Å². The Labute approximate surface area is 176 Å². The van der Waals surface area contributed by atoms with Gasteiger partial charge in [-0.3, -0.25) is 9.59 Å². The van der Waals surface area contributed by atoms with Crippen molar-refractivity contribution in [1.29, 1.82) is 0 Å². The van der Waals surface area contributed by atoms with Crippen LogP contribution in [0.15, 0.2) is 59.1 Å². The van der Waals surface area contributed by atoms with Gasteiger partial charge in [-0.05, 0) is 29.2 Å². The molecule has 0 unspecified atom stereocenters. The number of rotatable bonds is 9. The highest BCUT2D eigenvalue weighted by atomic mass is 79.9. The molecule has 0 aliphatic heterocycles. The van der Waals surface area contributed by atoms with Crippen LogP contribution in [0.2, 0.25) is 0 Å². The lowest BCUT2D eigenvalue weighted by Crippen LogP contribution is -2.50. The highest BCUT2D eigenvalue weighted by Gasteiger charge is 2.29. The van der Waals surface area contributed by atoms with Crippen molar-refractivity contribution >= 4 is 27.7 Å². The molecule has 1 atom stereocenters. The molecule has 2 rings (SSSR count). The van der Waals surface area contributed by atoms with Crippen LogP contribution in [-0.4, -0.2) is 29.3 Å². The number of hydrogen-bond acceptors (Lipinski definition) is 2. The predicted octanol–water partition coefficient (Wildman–Crippen LogP) is 4.57. The Morgan fingerprint density at radius 3 is 2.32 bits per heavy atom. The van der Waals surface area contributed by atoms with E-state index in [1.54, 1.807) is 4.90 Å². The van der Waals surface area contributed by atoms with Gasteiger partial charge >= 0.3 is 0 Å². The fourth-order valence-electron chi connectivity index (χ4n) is 3.01. The Balaban J connectivity index is 2.32. The zero-order valence-electron chi connectivity index (χ0n) is 16.8. The molecule has 2 aromatic rings. The first-order chi connectivity index (χ1) is 13.4. The average molecular weight is 445 g/mol. The van der Waals surface area contributed by atoms with Gasteiger partial charge in [0, 0.05) is 30.4 Å². The maximum Gasteiger partial charge on any atom is 0.243 e. The maximum absolute atomic E-state index is 13.1. The first kappa shape index (κ1) is 22.2. The molecule has 0 bridgehead atoms. The molecule has 150 valence electrons. The van der Waals surface area contributed by atoms with E-state index in [1.807, 2.05) is 61.5 Å². The minimum Gasteiger partial charge on any atom is -0.354 e. The van der Waals surface area contributed by atoms with E-state index in [9.17, 15) is 9.59 Å². The monoisotopic (exact) mass is 444 g/mol. The second kappa shape index (κ2) is 11.0. The van der Waals surface area contributed by atoms with Gasteiger partial charge in [0.05, 0.1) is 0 Å². The van der Waals surface area contributed by atoms with E-state index in [0.717, 1.165) is 15.6 Å². The van der Waals surface area contributed by atoms with Crippen LogP contribution in [0.25, 0.3) is 0 Å². The molecular formula is C23H29BrN2O2. The van der Waals surface area contributed by atoms with Gasteiger partial charge in [-0.25, -0.2) is 0 Å². The average Bonchev–Trinajstić information content (AvgIpc) is 2.69. The number of amides is 2. The number of carbonyl (C=O) groups excluding carboxylic acids is 2. The summed E-state index contributed by atoms with van der Waals surface area (Å²) in [6, 6.07) is 17.2. The molecule has 2 amide bonds. The summed E-state index contributed by atoms with van der Waals surface area (Å²) in [7, 11) is 0. The highest BCUT2D eigenvalue weighted by molar-refractivity contribution is 9.10. The third-order valence-electron chi connectivity index (χ3n) is 4.50. The SMILES string of the molecule is CCC(=O)N(Cc1cccc(Br)c1)[C@H](Cc1ccccc1)C(=O)NCC(C)C. The minimum atomic E-state index is -0.549. The van der Waals surface area contributed by atoms with E-state index < -0.39 is 6.04 Å². The lowest BCUT2D eigenvalue weighted by atomic mass is 10.0. The summed E-state index contributed by atoms with van der Waals surface area (Å²) in [6.45, 7) is 6.95. The number of nitrogens with one attached hydrogen (secondary N) is 1. The van der Waals surface area contributed by atoms with Gasteiger partial charge in [-0.2, -0.15) is 0 Å². The molecule has 0 saturated heterocycles. The van der Waals surface area contributed by atoms with Crippen LogP contribution < -0.4 is 5.32 Å². The van der Waals surface area contributed by atoms with Crippen LogP contribution in [0.5, 0.6) is 0 Å². The molecule has 0 radical (unpaired) electrons. The molecule has 0 aliphatic rings. The highest BCUT2D eigenvalue weighted by Crippen LogP contribution is 2.18. The van der Waals surface area contributed by atoms with Gasteiger partial charge in [-0.15, -0.1) is 0 Å². The van der Waals surface area contributed by atoms with Crippen molar-refractivity contribution in [2.75, 3.05) is 6.54 Å². The Morgan fingerprint density at radius 1 is 1.04 bits per heavy atom. The Bertz CT molecular complexity index is 777. The summed E-state index contributed by atoms with van der Waals surface area (Å²) in [5.41, 5.74) is 2.03. The Hall–Kier alpha value is -2.14. The fraction of sp³-hybridized carbons (Fsp3) is 0.391. The zero-order chi connectivity index (χ0) is 20.5. The van der Waals surface area contributed by atoms with E-state index in [0.29, 0.717) is 31.8 Å². The summed E-state index contributed by atoms with van der Waals surface area (Å²) in [5, 5.41) is 3.02. The fourth-order valence-corrected chi connectivity index (χ4v) is 3.46. The molecule has 0 spiro atoms. The summed E-state index contributed by atoms with van der Waals surface area (Å²) < 4.78 is 0.956. The first-order valence-electron chi connectivity index (χ1n) is 9.76. The molecule has 0 aliphatic carbocycles. The van der Waals surface area contributed by atoms with E-state index >= 15 is 0 Å². The van der Waals surface area contributed by atoms with Crippen molar-refractivity contribution in [3.63, 3.8) is 0 Å². The molecule has 4 nitrogen and oxygen atoms in total. The van der Waals surface area contributed by atoms with Crippen molar-refractivity contribution in [3.8, 4) is 0 Å². The Kier molecular flexibility index (Phi) is 8.71. The van der Waals surface area contributed by atoms with Gasteiger partial charge in [0.2, 0.25) is 11.8 Å². The number of nitrogens with zero attached hydrogens (tertiary/aromatic N) is 1. The third kappa shape index (κ3) is 6.79. The minimum absolute atomic E-state index is 0.0272. The van der Waals surface area contributed by atoms with Crippen molar-refractivity contribution < 1.29 is 9.59 Å². The van der Waals surface area contributed by atoms with Crippen LogP contribution in [0, 0.1) is 5.92 Å². The quantitative estimate of drug-likeness (QED) is 0.615. The molecule has 2 aromatic carbocycles. The van der Waals surface area contributed by atoms with Crippen molar-refractivity contribution in [3.05, 3.63) is 70.2 Å². The molecule has 28 heavy (non-hydrogen) atoms. The Morgan fingerprint density at radius 2 is 1.71 bits per heavy atom. The van der Waals surface area contributed by atoms with Gasteiger partial charge in [-0.1, -0.05) is 79.2 Å². The zero-order valence-corrected chi connectivity index (χ0v) is 18.4. The van der Waals surface area contributed by atoms with E-state index in [4.69, 9.17) is 0 Å². The van der Waals surface area contributed by atoms with Crippen LogP contribution in [-0.2, 0) is 22.6 Å². The predicted molar refractivity (Wildman–Crippen MR) is 117 cm³/mol. The van der Waals surface area contributed by atoms with Crippen molar-refractivity contribution in [1.82, 2.24) is 10.2 Å².